The molecule has 1 fully saturated rings. The summed E-state index contributed by atoms with van der Waals surface area (Å²) >= 11 is 0. The number of hydrogen-bond acceptors (Lipinski definition) is 12. The van der Waals surface area contributed by atoms with Gasteiger partial charge < -0.3 is 44.7 Å². The molecule has 0 saturated carbocycles. The van der Waals surface area contributed by atoms with E-state index in [0.29, 0.717) is 0 Å². The van der Waals surface area contributed by atoms with Crippen molar-refractivity contribution in [1.82, 2.24) is 19.9 Å². The number of alkyl halides is 3. The van der Waals surface area contributed by atoms with Gasteiger partial charge in [-0.1, -0.05) is 25.7 Å². The minimum absolute atomic E-state index is 0.0348. The highest BCUT2D eigenvalue weighted by Crippen LogP contribution is 2.66. The molecule has 24 heteroatoms. The number of phosphoric acid groups is 3. The third-order valence-corrected chi connectivity index (χ3v) is 9.21. The highest BCUT2D eigenvalue weighted by Gasteiger charge is 2.44. The Bertz CT molecular complexity index is 1570. The number of hydrogen-bond donors (Lipinski definition) is 6. The van der Waals surface area contributed by atoms with Crippen molar-refractivity contribution in [2.24, 2.45) is 5.92 Å². The summed E-state index contributed by atoms with van der Waals surface area (Å²) in [6.07, 6.45) is -5.37. The number of fused-ring (bicyclic) bond motifs is 1. The van der Waals surface area contributed by atoms with Gasteiger partial charge in [-0.3, -0.25) is 9.32 Å². The van der Waals surface area contributed by atoms with E-state index in [-0.39, 0.29) is 41.4 Å². The van der Waals surface area contributed by atoms with Gasteiger partial charge in [0.05, 0.1) is 30.2 Å². The Morgan fingerprint density at radius 2 is 1.89 bits per heavy atom. The van der Waals surface area contributed by atoms with Crippen LogP contribution in [0.5, 0.6) is 0 Å². The van der Waals surface area contributed by atoms with Gasteiger partial charge in [-0.2, -0.15) is 21.8 Å². The van der Waals surface area contributed by atoms with Gasteiger partial charge in [-0.05, 0) is 5.92 Å². The van der Waals surface area contributed by atoms with Crippen LogP contribution in [0.4, 0.5) is 19.0 Å². The van der Waals surface area contributed by atoms with Gasteiger partial charge in [0.25, 0.3) is 0 Å². The highest BCUT2D eigenvalue weighted by atomic mass is 31.3. The lowest BCUT2D eigenvalue weighted by molar-refractivity contribution is -0.173. The summed E-state index contributed by atoms with van der Waals surface area (Å²) in [5.74, 6) is 2.80. The molecule has 246 valence electrons. The maximum absolute atomic E-state index is 12.4. The monoisotopic (exact) mass is 695 g/mol. The van der Waals surface area contributed by atoms with Crippen molar-refractivity contribution in [2.45, 2.75) is 44.9 Å². The minimum atomic E-state index is -5.75. The lowest BCUT2D eigenvalue weighted by Gasteiger charge is -2.21. The molecule has 1 aliphatic rings. The van der Waals surface area contributed by atoms with Crippen LogP contribution in [-0.4, -0.2) is 78.2 Å². The minimum Gasteiger partial charge on any atom is -0.383 e. The average molecular weight is 695 g/mol. The smallest absolute Gasteiger partial charge is 0.383 e. The van der Waals surface area contributed by atoms with E-state index in [2.05, 4.69) is 30.4 Å². The van der Waals surface area contributed by atoms with E-state index in [1.165, 1.54) is 10.8 Å². The lowest BCUT2D eigenvalue weighted by atomic mass is 10.1. The molecule has 0 bridgehead atoms. The van der Waals surface area contributed by atoms with Gasteiger partial charge in [-0.15, -0.1) is 0 Å². The van der Waals surface area contributed by atoms with E-state index in [1.54, 1.807) is 5.32 Å². The van der Waals surface area contributed by atoms with E-state index in [1.807, 2.05) is 13.8 Å². The Morgan fingerprint density at radius 3 is 2.50 bits per heavy atom. The molecule has 3 heterocycles. The number of halogens is 3. The molecule has 3 unspecified atom stereocenters. The van der Waals surface area contributed by atoms with Gasteiger partial charge in [0.2, 0.25) is 0 Å². The van der Waals surface area contributed by atoms with E-state index in [4.69, 9.17) is 29.5 Å². The average Bonchev–Trinajstić information content (AvgIpc) is 3.43. The summed E-state index contributed by atoms with van der Waals surface area (Å²) in [6, 6.07) is 0. The molecular formula is C20H27F3N5O13P3. The maximum atomic E-state index is 12.4. The molecule has 2 aromatic rings. The maximum Gasteiger partial charge on any atom is 0.490 e. The first-order chi connectivity index (χ1) is 20.2. The number of nitrogen functional groups attached to an aromatic ring is 1. The molecule has 5 atom stereocenters. The molecule has 2 aromatic heterocycles. The second-order valence-corrected chi connectivity index (χ2v) is 13.8. The molecule has 0 aromatic carbocycles. The molecule has 1 amide bonds. The van der Waals surface area contributed by atoms with Crippen molar-refractivity contribution in [3.63, 3.8) is 0 Å². The Balaban J connectivity index is 1.83. The van der Waals surface area contributed by atoms with Gasteiger partial charge in [0.15, 0.2) is 0 Å². The van der Waals surface area contributed by atoms with Crippen molar-refractivity contribution in [2.75, 3.05) is 25.5 Å². The number of nitrogens with one attached hydrogen (secondary N) is 1. The Hall–Kier alpha value is -2.43. The van der Waals surface area contributed by atoms with Crippen molar-refractivity contribution < 1.29 is 73.9 Å². The molecule has 0 spiro atoms. The summed E-state index contributed by atoms with van der Waals surface area (Å²) in [7, 11) is -16.8. The molecule has 0 radical (unpaired) electrons. The van der Waals surface area contributed by atoms with Crippen molar-refractivity contribution >= 4 is 46.2 Å². The summed E-state index contributed by atoms with van der Waals surface area (Å²) < 4.78 is 97.4. The largest absolute Gasteiger partial charge is 0.490 e. The molecule has 1 aliphatic heterocycles. The number of rotatable bonds is 12. The van der Waals surface area contributed by atoms with Crippen LogP contribution in [0.25, 0.3) is 11.0 Å². The van der Waals surface area contributed by atoms with Crippen molar-refractivity contribution in [3.8, 4) is 11.8 Å². The SMILES string of the molecule is CC(C)CO[C@@H]1C[C@H](n2cc(C#CCNC(=O)C(F)(F)F)c3c(N)ncnc32)OC1COP(=O)(O)OP(=O)(O)OP(=O)(O)O. The fourth-order valence-electron chi connectivity index (χ4n) is 3.77. The number of amides is 1. The molecule has 3 rings (SSSR count). The number of anilines is 1. The van der Waals surface area contributed by atoms with Crippen LogP contribution in [-0.2, 0) is 41.1 Å². The van der Waals surface area contributed by atoms with Gasteiger partial charge in [-0.25, -0.2) is 23.7 Å². The van der Waals surface area contributed by atoms with Crippen LogP contribution in [0.3, 0.4) is 0 Å². The first kappa shape index (κ1) is 36.0. The van der Waals surface area contributed by atoms with Crippen molar-refractivity contribution in [3.05, 3.63) is 18.1 Å². The van der Waals surface area contributed by atoms with Crippen LogP contribution in [0, 0.1) is 17.8 Å². The summed E-state index contributed by atoms with van der Waals surface area (Å²) in [6.45, 7) is 2.46. The highest BCUT2D eigenvalue weighted by molar-refractivity contribution is 7.66. The number of carbonyl (C=O) groups excluding carboxylic acids is 1. The Labute approximate surface area is 246 Å². The van der Waals surface area contributed by atoms with Crippen LogP contribution < -0.4 is 11.1 Å². The van der Waals surface area contributed by atoms with Crippen LogP contribution >= 0.6 is 23.5 Å². The van der Waals surface area contributed by atoms with Crippen LogP contribution in [0.1, 0.15) is 32.1 Å². The normalized spacial score (nSPS) is 21.9. The zero-order valence-electron chi connectivity index (χ0n) is 22.7. The van der Waals surface area contributed by atoms with E-state index in [0.717, 1.165) is 6.33 Å². The van der Waals surface area contributed by atoms with Crippen LogP contribution in [0.2, 0.25) is 0 Å². The standard InChI is InChI=1S/C20H27F3N5O13P3/c1-11(2)8-37-13-6-15(39-14(13)9-38-43(33,34)41-44(35,36)40-42(30,31)32)28-7-12(16-17(24)26-10-27-18(16)28)4-3-5-25-19(29)20(21,22)23/h7,10-11,13-15H,5-6,8-9H2,1-2H3,(H,25,29)(H,33,34)(H,35,36)(H2,24,26,27)(H2,30,31,32)/t13-,14?,15-/m1/s1. The topological polar surface area (TPSA) is 264 Å². The number of aromatic nitrogens is 3. The van der Waals surface area contributed by atoms with E-state index in [9.17, 15) is 41.4 Å². The number of carbonyl (C=O) groups is 1. The molecule has 44 heavy (non-hydrogen) atoms. The van der Waals surface area contributed by atoms with E-state index < -0.39 is 67.1 Å². The van der Waals surface area contributed by atoms with E-state index >= 15 is 0 Å². The molecule has 18 nitrogen and oxygen atoms in total. The first-order valence-corrected chi connectivity index (χ1v) is 16.7. The fraction of sp³-hybridized carbons (Fsp3) is 0.550. The number of nitrogens with two attached hydrogens (primary N) is 1. The predicted molar refractivity (Wildman–Crippen MR) is 141 cm³/mol. The quantitative estimate of drug-likeness (QED) is 0.136. The lowest BCUT2D eigenvalue weighted by Crippen LogP contribution is -2.36. The van der Waals surface area contributed by atoms with Gasteiger partial charge >= 0.3 is 35.6 Å². The molecule has 1 saturated heterocycles. The molecule has 0 aliphatic carbocycles. The number of nitrogens with zero attached hydrogens (tertiary/aromatic N) is 3. The first-order valence-electron chi connectivity index (χ1n) is 12.2. The molecule has 7 N–H and O–H groups in total. The zero-order chi connectivity index (χ0) is 33.1. The van der Waals surface area contributed by atoms with Gasteiger partial charge in [0.1, 0.15) is 30.1 Å². The third kappa shape index (κ3) is 10.3. The van der Waals surface area contributed by atoms with Crippen LogP contribution in [0.15, 0.2) is 12.5 Å². The van der Waals surface area contributed by atoms with Gasteiger partial charge in [0, 0.05) is 19.2 Å². The Kier molecular flexibility index (Phi) is 11.4. The summed E-state index contributed by atoms with van der Waals surface area (Å²) in [4.78, 5) is 55.7. The van der Waals surface area contributed by atoms with Crippen molar-refractivity contribution in [1.29, 1.82) is 0 Å². The fourth-order valence-corrected chi connectivity index (χ4v) is 6.80. The zero-order valence-corrected chi connectivity index (χ0v) is 25.3. The number of phosphoric ester groups is 1. The number of ether oxygens (including phenoxy) is 2. The third-order valence-electron chi connectivity index (χ3n) is 5.41. The summed E-state index contributed by atoms with van der Waals surface area (Å²) in [5.41, 5.74) is 6.34. The second kappa shape index (κ2) is 13.9. The Morgan fingerprint density at radius 1 is 1.20 bits per heavy atom. The predicted octanol–water partition coefficient (Wildman–Crippen LogP) is 1.72. The molecular weight excluding hydrogens is 668 g/mol. The summed E-state index contributed by atoms with van der Waals surface area (Å²) in [5, 5.41) is 1.82. The second-order valence-electron chi connectivity index (χ2n) is 9.41.